The first-order valence-corrected chi connectivity index (χ1v) is 12.8. The van der Waals surface area contributed by atoms with E-state index < -0.39 is 35.3 Å². The Kier molecular flexibility index (Phi) is 6.18. The van der Waals surface area contributed by atoms with Gasteiger partial charge in [0.15, 0.2) is 11.6 Å². The molecule has 3 aromatic carbocycles. The zero-order chi connectivity index (χ0) is 28.1. The number of aromatic nitrogens is 5. The molecule has 0 fully saturated rings. The summed E-state index contributed by atoms with van der Waals surface area (Å²) < 4.78 is 58.1. The maximum Gasteiger partial charge on any atom is 0.255 e. The van der Waals surface area contributed by atoms with Crippen molar-refractivity contribution in [3.63, 3.8) is 0 Å². The molecule has 0 radical (unpaired) electrons. The third-order valence-electron chi connectivity index (χ3n) is 6.39. The smallest absolute Gasteiger partial charge is 0.255 e. The highest BCUT2D eigenvalue weighted by atomic mass is 32.1. The molecule has 0 amide bonds. The van der Waals surface area contributed by atoms with Crippen molar-refractivity contribution in [3.8, 4) is 27.0 Å². The second-order valence-corrected chi connectivity index (χ2v) is 9.99. The number of nitrogens with zero attached hydrogens (tertiary/aromatic N) is 5. The lowest BCUT2D eigenvalue weighted by Gasteiger charge is -2.10. The molecule has 0 unspecified atom stereocenters. The standard InChI is InChI=1S/C28H19F4N7S/c1-13-24(40-27(35-13)14-5-3-2-4-6-14)22-25(33)36-28(37-26(22)34)39-21-10-7-15(29)11-17(21)20(38-39)12-16-18(30)8-9-19(31)23(16)32/h2-11H,12H2,1H3,(H4,33,34,36,37). The van der Waals surface area contributed by atoms with E-state index in [0.29, 0.717) is 27.7 Å². The van der Waals surface area contributed by atoms with E-state index in [1.54, 1.807) is 0 Å². The Labute approximate surface area is 228 Å². The van der Waals surface area contributed by atoms with Crippen molar-refractivity contribution in [3.05, 3.63) is 101 Å². The van der Waals surface area contributed by atoms with Crippen molar-refractivity contribution in [2.75, 3.05) is 11.5 Å². The highest BCUT2D eigenvalue weighted by Gasteiger charge is 2.23. The molecule has 12 heteroatoms. The molecular weight excluding hydrogens is 542 g/mol. The fraction of sp³-hybridized carbons (Fsp3) is 0.0714. The largest absolute Gasteiger partial charge is 0.383 e. The number of fused-ring (bicyclic) bond motifs is 1. The van der Waals surface area contributed by atoms with E-state index in [4.69, 9.17) is 11.5 Å². The topological polar surface area (TPSA) is 109 Å². The number of thiazole rings is 1. The number of hydrogen-bond donors (Lipinski definition) is 2. The summed E-state index contributed by atoms with van der Waals surface area (Å²) >= 11 is 1.39. The second-order valence-electron chi connectivity index (χ2n) is 8.99. The van der Waals surface area contributed by atoms with Crippen molar-refractivity contribution >= 4 is 33.9 Å². The van der Waals surface area contributed by atoms with Gasteiger partial charge in [-0.05, 0) is 37.3 Å². The van der Waals surface area contributed by atoms with Gasteiger partial charge in [0.2, 0.25) is 0 Å². The third kappa shape index (κ3) is 4.31. The minimum Gasteiger partial charge on any atom is -0.383 e. The number of anilines is 2. The molecule has 0 aliphatic carbocycles. The Hall–Kier alpha value is -4.84. The lowest BCUT2D eigenvalue weighted by atomic mass is 10.1. The van der Waals surface area contributed by atoms with E-state index >= 15 is 0 Å². The molecule has 7 nitrogen and oxygen atoms in total. The van der Waals surface area contributed by atoms with Gasteiger partial charge in [-0.1, -0.05) is 30.3 Å². The fourth-order valence-corrected chi connectivity index (χ4v) is 5.61. The Morgan fingerprint density at radius 2 is 1.55 bits per heavy atom. The molecule has 6 rings (SSSR count). The first-order chi connectivity index (χ1) is 19.2. The SMILES string of the molecule is Cc1nc(-c2ccccc2)sc1-c1c(N)nc(-n2nc(Cc3c(F)ccc(F)c3F)c3cc(F)ccc32)nc1N. The zero-order valence-corrected chi connectivity index (χ0v) is 21.6. The fourth-order valence-electron chi connectivity index (χ4n) is 4.48. The molecule has 200 valence electrons. The quantitative estimate of drug-likeness (QED) is 0.191. The predicted octanol–water partition coefficient (Wildman–Crippen LogP) is 6.23. The monoisotopic (exact) mass is 561 g/mol. The van der Waals surface area contributed by atoms with Crippen LogP contribution in [-0.4, -0.2) is 24.7 Å². The van der Waals surface area contributed by atoms with E-state index in [2.05, 4.69) is 20.1 Å². The molecule has 4 N–H and O–H groups in total. The predicted molar refractivity (Wildman–Crippen MR) is 146 cm³/mol. The summed E-state index contributed by atoms with van der Waals surface area (Å²) in [7, 11) is 0. The van der Waals surface area contributed by atoms with Crippen LogP contribution < -0.4 is 11.5 Å². The molecule has 6 aromatic rings. The Bertz CT molecular complexity index is 1900. The van der Waals surface area contributed by atoms with Gasteiger partial charge < -0.3 is 11.5 Å². The number of nitrogens with two attached hydrogens (primary N) is 2. The number of aryl methyl sites for hydroxylation is 1. The van der Waals surface area contributed by atoms with E-state index in [1.807, 2.05) is 37.3 Å². The first-order valence-electron chi connectivity index (χ1n) is 12.0. The number of benzene rings is 3. The van der Waals surface area contributed by atoms with Crippen molar-refractivity contribution < 1.29 is 17.6 Å². The molecular formula is C28H19F4N7S. The van der Waals surface area contributed by atoms with Gasteiger partial charge in [0.25, 0.3) is 5.95 Å². The lowest BCUT2D eigenvalue weighted by Crippen LogP contribution is -2.10. The molecule has 3 heterocycles. The number of rotatable bonds is 5. The summed E-state index contributed by atoms with van der Waals surface area (Å²) in [5.41, 5.74) is 14.6. The Balaban J connectivity index is 1.46. The average Bonchev–Trinajstić information content (AvgIpc) is 3.49. The van der Waals surface area contributed by atoms with E-state index in [9.17, 15) is 17.6 Å². The van der Waals surface area contributed by atoms with Crippen LogP contribution in [0.15, 0.2) is 60.7 Å². The highest BCUT2D eigenvalue weighted by Crippen LogP contribution is 2.40. The molecule has 0 aliphatic rings. The summed E-state index contributed by atoms with van der Waals surface area (Å²) in [4.78, 5) is 14.2. The number of halogens is 4. The van der Waals surface area contributed by atoms with Crippen LogP contribution in [0.2, 0.25) is 0 Å². The number of hydrogen-bond acceptors (Lipinski definition) is 7. The van der Waals surface area contributed by atoms with Crippen LogP contribution in [0.5, 0.6) is 0 Å². The van der Waals surface area contributed by atoms with Crippen LogP contribution in [0.1, 0.15) is 17.0 Å². The van der Waals surface area contributed by atoms with Gasteiger partial charge in [-0.15, -0.1) is 11.3 Å². The molecule has 0 spiro atoms. The van der Waals surface area contributed by atoms with Crippen molar-refractivity contribution in [1.29, 1.82) is 0 Å². The van der Waals surface area contributed by atoms with Gasteiger partial charge in [-0.2, -0.15) is 19.7 Å². The summed E-state index contributed by atoms with van der Waals surface area (Å²) in [6.07, 6.45) is -0.451. The second kappa shape index (κ2) is 9.72. The van der Waals surface area contributed by atoms with Crippen LogP contribution >= 0.6 is 11.3 Å². The maximum atomic E-state index is 14.4. The minimum absolute atomic E-state index is 0.0350. The molecule has 0 aliphatic heterocycles. The average molecular weight is 562 g/mol. The van der Waals surface area contributed by atoms with Crippen LogP contribution in [-0.2, 0) is 6.42 Å². The Morgan fingerprint density at radius 1 is 0.850 bits per heavy atom. The molecule has 3 aromatic heterocycles. The van der Waals surface area contributed by atoms with Crippen molar-refractivity contribution in [1.82, 2.24) is 24.7 Å². The van der Waals surface area contributed by atoms with Crippen LogP contribution in [0, 0.1) is 30.2 Å². The molecule has 0 saturated carbocycles. The zero-order valence-electron chi connectivity index (χ0n) is 20.8. The van der Waals surface area contributed by atoms with Gasteiger partial charge in [-0.3, -0.25) is 0 Å². The summed E-state index contributed by atoms with van der Waals surface area (Å²) in [6.45, 7) is 1.83. The first kappa shape index (κ1) is 25.4. The molecule has 40 heavy (non-hydrogen) atoms. The lowest BCUT2D eigenvalue weighted by molar-refractivity contribution is 0.482. The normalized spacial score (nSPS) is 11.4. The summed E-state index contributed by atoms with van der Waals surface area (Å²) in [5.74, 6) is -4.03. The maximum absolute atomic E-state index is 14.4. The summed E-state index contributed by atoms with van der Waals surface area (Å²) in [6, 6.07) is 14.9. The molecule has 0 bridgehead atoms. The van der Waals surface area contributed by atoms with E-state index in [1.165, 1.54) is 28.2 Å². The van der Waals surface area contributed by atoms with Gasteiger partial charge in [0.1, 0.15) is 28.3 Å². The van der Waals surface area contributed by atoms with Crippen molar-refractivity contribution in [2.24, 2.45) is 0 Å². The highest BCUT2D eigenvalue weighted by molar-refractivity contribution is 7.18. The Morgan fingerprint density at radius 3 is 2.27 bits per heavy atom. The van der Waals surface area contributed by atoms with E-state index in [0.717, 1.165) is 22.7 Å². The van der Waals surface area contributed by atoms with Crippen LogP contribution in [0.4, 0.5) is 29.2 Å². The van der Waals surface area contributed by atoms with E-state index in [-0.39, 0.29) is 28.7 Å². The third-order valence-corrected chi connectivity index (χ3v) is 7.61. The van der Waals surface area contributed by atoms with Crippen LogP contribution in [0.25, 0.3) is 37.9 Å². The van der Waals surface area contributed by atoms with Gasteiger partial charge in [-0.25, -0.2) is 22.5 Å². The molecule has 0 saturated heterocycles. The van der Waals surface area contributed by atoms with Gasteiger partial charge in [0, 0.05) is 22.9 Å². The van der Waals surface area contributed by atoms with Gasteiger partial charge >= 0.3 is 0 Å². The molecule has 0 atom stereocenters. The number of nitrogen functional groups attached to an aromatic ring is 2. The summed E-state index contributed by atoms with van der Waals surface area (Å²) in [5, 5.41) is 5.41. The van der Waals surface area contributed by atoms with Crippen LogP contribution in [0.3, 0.4) is 0 Å². The van der Waals surface area contributed by atoms with Gasteiger partial charge in [0.05, 0.1) is 27.3 Å². The minimum atomic E-state index is -1.34. The van der Waals surface area contributed by atoms with Crippen molar-refractivity contribution in [2.45, 2.75) is 13.3 Å².